The summed E-state index contributed by atoms with van der Waals surface area (Å²) in [5.41, 5.74) is 13.2. The Bertz CT molecular complexity index is 3280. The highest BCUT2D eigenvalue weighted by Gasteiger charge is 2.21. The van der Waals surface area contributed by atoms with Crippen LogP contribution in [0.5, 0.6) is 0 Å². The van der Waals surface area contributed by atoms with Crippen LogP contribution in [0.25, 0.3) is 105 Å². The average molecular weight is 677 g/mol. The van der Waals surface area contributed by atoms with E-state index in [2.05, 4.69) is 138 Å². The second kappa shape index (κ2) is 11.3. The maximum Gasteiger partial charge on any atom is 0.159 e. The maximum absolute atomic E-state index is 10.5. The summed E-state index contributed by atoms with van der Waals surface area (Å²) in [4.78, 5) is 0. The number of furan rings is 2. The number of nitrogens with zero attached hydrogens (tertiary/aromatic N) is 2. The van der Waals surface area contributed by atoms with E-state index < -0.39 is 0 Å². The molecule has 8 aromatic carbocycles. The Morgan fingerprint density at radius 1 is 0.377 bits per heavy atom. The number of hydrogen-bond donors (Lipinski definition) is 0. The number of rotatable bonds is 4. The maximum atomic E-state index is 10.5. The van der Waals surface area contributed by atoms with E-state index in [0.717, 1.165) is 88.0 Å². The number of aromatic nitrogens is 1. The van der Waals surface area contributed by atoms with Crippen LogP contribution in [0.3, 0.4) is 0 Å². The van der Waals surface area contributed by atoms with Crippen LogP contribution in [0.15, 0.2) is 179 Å². The van der Waals surface area contributed by atoms with Crippen LogP contribution >= 0.6 is 0 Å². The molecule has 0 radical (unpaired) electrons. The number of para-hydroxylation sites is 2. The third-order valence-corrected chi connectivity index (χ3v) is 10.6. The Hall–Kier alpha value is -7.35. The summed E-state index contributed by atoms with van der Waals surface area (Å²) in [5.74, 6) is 0. The molecule has 0 aliphatic carbocycles. The van der Waals surface area contributed by atoms with Gasteiger partial charge in [0.25, 0.3) is 0 Å². The fourth-order valence-corrected chi connectivity index (χ4v) is 8.12. The average Bonchev–Trinajstić information content (AvgIpc) is 3.90. The van der Waals surface area contributed by atoms with Crippen LogP contribution in [0, 0.1) is 11.3 Å². The van der Waals surface area contributed by atoms with Crippen LogP contribution in [-0.4, -0.2) is 4.57 Å². The number of nitriles is 1. The van der Waals surface area contributed by atoms with Gasteiger partial charge in [-0.2, -0.15) is 5.26 Å². The number of hydrogen-bond acceptors (Lipinski definition) is 3. The molecular formula is C49H28N2O2. The van der Waals surface area contributed by atoms with Gasteiger partial charge in [-0.25, -0.2) is 0 Å². The van der Waals surface area contributed by atoms with Gasteiger partial charge >= 0.3 is 0 Å². The highest BCUT2D eigenvalue weighted by atomic mass is 16.3. The summed E-state index contributed by atoms with van der Waals surface area (Å²) < 4.78 is 15.2. The van der Waals surface area contributed by atoms with E-state index in [9.17, 15) is 5.26 Å². The molecule has 11 aromatic rings. The van der Waals surface area contributed by atoms with Crippen LogP contribution in [0.4, 0.5) is 0 Å². The van der Waals surface area contributed by atoms with Crippen LogP contribution in [0.2, 0.25) is 0 Å². The van der Waals surface area contributed by atoms with Gasteiger partial charge in [-0.3, -0.25) is 0 Å². The van der Waals surface area contributed by atoms with Crippen LogP contribution < -0.4 is 0 Å². The molecule has 246 valence electrons. The lowest BCUT2D eigenvalue weighted by Crippen LogP contribution is -1.94. The van der Waals surface area contributed by atoms with Gasteiger partial charge in [-0.15, -0.1) is 0 Å². The first-order valence-corrected chi connectivity index (χ1v) is 17.7. The Kier molecular flexibility index (Phi) is 6.28. The van der Waals surface area contributed by atoms with Crippen molar-refractivity contribution in [3.8, 4) is 45.1 Å². The van der Waals surface area contributed by atoms with Gasteiger partial charge in [0.1, 0.15) is 17.2 Å². The van der Waals surface area contributed by atoms with Crippen LogP contribution in [0.1, 0.15) is 5.56 Å². The van der Waals surface area contributed by atoms with Gasteiger partial charge in [-0.05, 0) is 88.0 Å². The predicted molar refractivity (Wildman–Crippen MR) is 216 cm³/mol. The van der Waals surface area contributed by atoms with Crippen molar-refractivity contribution in [1.82, 2.24) is 4.57 Å². The predicted octanol–water partition coefficient (Wildman–Crippen LogP) is 13.5. The second-order valence-corrected chi connectivity index (χ2v) is 13.6. The first-order valence-electron chi connectivity index (χ1n) is 17.7. The quantitative estimate of drug-likeness (QED) is 0.186. The summed E-state index contributed by atoms with van der Waals surface area (Å²) in [6.45, 7) is 0. The smallest absolute Gasteiger partial charge is 0.159 e. The fourth-order valence-electron chi connectivity index (χ4n) is 8.12. The molecule has 0 amide bonds. The van der Waals surface area contributed by atoms with Gasteiger partial charge < -0.3 is 13.4 Å². The van der Waals surface area contributed by atoms with Gasteiger partial charge in [0, 0.05) is 32.3 Å². The van der Waals surface area contributed by atoms with Crippen molar-refractivity contribution in [3.63, 3.8) is 0 Å². The molecule has 0 saturated heterocycles. The van der Waals surface area contributed by atoms with Crippen molar-refractivity contribution in [2.24, 2.45) is 0 Å². The first-order chi connectivity index (χ1) is 26.2. The lowest BCUT2D eigenvalue weighted by Gasteiger charge is -2.10. The lowest BCUT2D eigenvalue weighted by molar-refractivity contribution is 0.665. The van der Waals surface area contributed by atoms with E-state index in [0.29, 0.717) is 11.1 Å². The molecule has 0 saturated carbocycles. The van der Waals surface area contributed by atoms with Crippen molar-refractivity contribution in [3.05, 3.63) is 175 Å². The molecule has 0 fully saturated rings. The molecule has 0 aliphatic rings. The molecule has 4 nitrogen and oxygen atoms in total. The first kappa shape index (κ1) is 29.4. The highest BCUT2D eigenvalue weighted by molar-refractivity contribution is 6.15. The summed E-state index contributed by atoms with van der Waals surface area (Å²) in [6, 6.07) is 61.6. The van der Waals surface area contributed by atoms with E-state index in [1.165, 1.54) is 11.1 Å². The van der Waals surface area contributed by atoms with Gasteiger partial charge in [0.05, 0.1) is 22.3 Å². The van der Waals surface area contributed by atoms with Crippen molar-refractivity contribution in [2.45, 2.75) is 0 Å². The zero-order valence-corrected chi connectivity index (χ0v) is 28.4. The standard InChI is InChI=1S/C49H28N2O2/c50-29-36-24-35(33-20-23-47-41(26-33)38-14-7-8-17-46(38)52-47)27-42-39-15-9-16-44(49(39)53-48(36)42)51-43-22-19-32(30-10-3-1-4-11-30)25-40(43)37-21-18-34(28-45(37)51)31-12-5-2-6-13-31/h1-28H. The van der Waals surface area contributed by atoms with E-state index >= 15 is 0 Å². The monoisotopic (exact) mass is 676 g/mol. The minimum Gasteiger partial charge on any atom is -0.456 e. The number of fused-ring (bicyclic) bond motifs is 9. The molecule has 0 spiro atoms. The highest BCUT2D eigenvalue weighted by Crippen LogP contribution is 2.42. The van der Waals surface area contributed by atoms with Crippen molar-refractivity contribution in [2.75, 3.05) is 0 Å². The van der Waals surface area contributed by atoms with Crippen molar-refractivity contribution in [1.29, 1.82) is 5.26 Å². The molecule has 3 heterocycles. The van der Waals surface area contributed by atoms with Gasteiger partial charge in [0.15, 0.2) is 11.2 Å². The molecule has 0 unspecified atom stereocenters. The minimum atomic E-state index is 0.498. The second-order valence-electron chi connectivity index (χ2n) is 13.6. The SMILES string of the molecule is N#Cc1cc(-c2ccc3oc4ccccc4c3c2)cc2c1oc1c(-n3c4ccc(-c5ccccc5)cc4c4ccc(-c5ccccc5)cc43)cccc12. The van der Waals surface area contributed by atoms with Crippen LogP contribution in [-0.2, 0) is 0 Å². The third-order valence-electron chi connectivity index (χ3n) is 10.6. The Morgan fingerprint density at radius 2 is 1.02 bits per heavy atom. The van der Waals surface area contributed by atoms with Gasteiger partial charge in [0.2, 0.25) is 0 Å². The summed E-state index contributed by atoms with van der Waals surface area (Å²) in [6.07, 6.45) is 0. The minimum absolute atomic E-state index is 0.498. The fraction of sp³-hybridized carbons (Fsp3) is 0. The van der Waals surface area contributed by atoms with Gasteiger partial charge in [-0.1, -0.05) is 115 Å². The van der Waals surface area contributed by atoms with E-state index in [1.54, 1.807) is 0 Å². The molecule has 0 N–H and O–H groups in total. The zero-order chi connectivity index (χ0) is 35.0. The molecule has 11 rings (SSSR count). The lowest BCUT2D eigenvalue weighted by atomic mass is 9.98. The van der Waals surface area contributed by atoms with Crippen molar-refractivity contribution >= 4 is 65.7 Å². The Balaban J connectivity index is 1.16. The summed E-state index contributed by atoms with van der Waals surface area (Å²) in [7, 11) is 0. The molecule has 0 atom stereocenters. The molecule has 3 aromatic heterocycles. The molecular weight excluding hydrogens is 649 g/mol. The Labute approximate surface area is 304 Å². The largest absolute Gasteiger partial charge is 0.456 e. The summed E-state index contributed by atoms with van der Waals surface area (Å²) >= 11 is 0. The molecule has 0 bridgehead atoms. The van der Waals surface area contributed by atoms with E-state index in [-0.39, 0.29) is 0 Å². The van der Waals surface area contributed by atoms with E-state index in [1.807, 2.05) is 42.5 Å². The molecule has 53 heavy (non-hydrogen) atoms. The van der Waals surface area contributed by atoms with E-state index in [4.69, 9.17) is 8.83 Å². The molecule has 4 heteroatoms. The Morgan fingerprint density at radius 3 is 1.83 bits per heavy atom. The third kappa shape index (κ3) is 4.48. The van der Waals surface area contributed by atoms with Crippen molar-refractivity contribution < 1.29 is 8.83 Å². The zero-order valence-electron chi connectivity index (χ0n) is 28.4. The summed E-state index contributed by atoms with van der Waals surface area (Å²) in [5, 5.41) is 16.8. The normalized spacial score (nSPS) is 11.8. The number of benzene rings is 8. The topological polar surface area (TPSA) is 55.0 Å². The molecule has 0 aliphatic heterocycles.